The van der Waals surface area contributed by atoms with E-state index in [0.717, 1.165) is 33.5 Å². The highest BCUT2D eigenvalue weighted by atomic mass is 16.5. The lowest BCUT2D eigenvalue weighted by atomic mass is 10.1. The monoisotopic (exact) mass is 308 g/mol. The Morgan fingerprint density at radius 1 is 1.13 bits per heavy atom. The maximum absolute atomic E-state index is 12.3. The van der Waals surface area contributed by atoms with Crippen molar-refractivity contribution in [2.45, 2.75) is 19.9 Å². The average molecular weight is 308 g/mol. The van der Waals surface area contributed by atoms with E-state index >= 15 is 0 Å². The van der Waals surface area contributed by atoms with Gasteiger partial charge in [0.05, 0.1) is 13.5 Å². The van der Waals surface area contributed by atoms with E-state index in [-0.39, 0.29) is 5.91 Å². The van der Waals surface area contributed by atoms with Crippen LogP contribution >= 0.6 is 0 Å². The van der Waals surface area contributed by atoms with Gasteiger partial charge in [0, 0.05) is 23.1 Å². The molecule has 0 unspecified atom stereocenters. The van der Waals surface area contributed by atoms with E-state index in [2.05, 4.69) is 10.3 Å². The first-order chi connectivity index (χ1) is 11.2. The standard InChI is InChI=1S/C19H20N2O2/c1-13-17(16-5-3-4-6-18(16)21-13)11-19(22)20-12-14-7-9-15(23-2)10-8-14/h3-10,21H,11-12H2,1-2H3,(H,20,22). The van der Waals surface area contributed by atoms with Gasteiger partial charge in [-0.3, -0.25) is 4.79 Å². The molecule has 2 aromatic carbocycles. The molecule has 0 fully saturated rings. The van der Waals surface area contributed by atoms with E-state index in [1.54, 1.807) is 7.11 Å². The average Bonchev–Trinajstić information content (AvgIpc) is 2.89. The van der Waals surface area contributed by atoms with E-state index < -0.39 is 0 Å². The summed E-state index contributed by atoms with van der Waals surface area (Å²) in [6.07, 6.45) is 0.381. The van der Waals surface area contributed by atoms with Crippen LogP contribution in [0.5, 0.6) is 5.75 Å². The van der Waals surface area contributed by atoms with E-state index in [1.165, 1.54) is 0 Å². The van der Waals surface area contributed by atoms with Gasteiger partial charge in [0.25, 0.3) is 0 Å². The van der Waals surface area contributed by atoms with Gasteiger partial charge in [-0.25, -0.2) is 0 Å². The normalized spacial score (nSPS) is 10.7. The summed E-state index contributed by atoms with van der Waals surface area (Å²) in [6.45, 7) is 2.52. The third-order valence-corrected chi connectivity index (χ3v) is 4.01. The smallest absolute Gasteiger partial charge is 0.224 e. The zero-order valence-corrected chi connectivity index (χ0v) is 13.3. The second-order valence-corrected chi connectivity index (χ2v) is 5.58. The summed E-state index contributed by atoms with van der Waals surface area (Å²) in [5.74, 6) is 0.836. The van der Waals surface area contributed by atoms with Crippen LogP contribution in [-0.4, -0.2) is 18.0 Å². The first-order valence-corrected chi connectivity index (χ1v) is 7.63. The molecule has 0 aliphatic carbocycles. The molecule has 0 atom stereocenters. The first kappa shape index (κ1) is 15.2. The van der Waals surface area contributed by atoms with Crippen LogP contribution in [0.2, 0.25) is 0 Å². The highest BCUT2D eigenvalue weighted by molar-refractivity contribution is 5.90. The third-order valence-electron chi connectivity index (χ3n) is 4.01. The lowest BCUT2D eigenvalue weighted by molar-refractivity contribution is -0.120. The van der Waals surface area contributed by atoms with Crippen LogP contribution in [0.1, 0.15) is 16.8 Å². The second-order valence-electron chi connectivity index (χ2n) is 5.58. The fourth-order valence-corrected chi connectivity index (χ4v) is 2.73. The predicted octanol–water partition coefficient (Wildman–Crippen LogP) is 3.34. The lowest BCUT2D eigenvalue weighted by Gasteiger charge is -2.07. The molecule has 3 rings (SSSR count). The van der Waals surface area contributed by atoms with Crippen molar-refractivity contribution < 1.29 is 9.53 Å². The molecule has 0 aliphatic rings. The number of nitrogens with one attached hydrogen (secondary N) is 2. The fourth-order valence-electron chi connectivity index (χ4n) is 2.73. The molecule has 4 heteroatoms. The Morgan fingerprint density at radius 2 is 1.87 bits per heavy atom. The Labute approximate surface area is 135 Å². The molecule has 1 heterocycles. The molecule has 1 amide bonds. The number of carbonyl (C=O) groups excluding carboxylic acids is 1. The van der Waals surface area contributed by atoms with E-state index in [0.29, 0.717) is 13.0 Å². The van der Waals surface area contributed by atoms with E-state index in [9.17, 15) is 4.79 Å². The maximum Gasteiger partial charge on any atom is 0.224 e. The van der Waals surface area contributed by atoms with Gasteiger partial charge in [0.1, 0.15) is 5.75 Å². The van der Waals surface area contributed by atoms with Gasteiger partial charge < -0.3 is 15.0 Å². The van der Waals surface area contributed by atoms with Crippen LogP contribution in [0, 0.1) is 6.92 Å². The van der Waals surface area contributed by atoms with Gasteiger partial charge in [-0.15, -0.1) is 0 Å². The van der Waals surface area contributed by atoms with Crippen molar-refractivity contribution in [2.75, 3.05) is 7.11 Å². The van der Waals surface area contributed by atoms with Gasteiger partial charge in [0.15, 0.2) is 0 Å². The number of amides is 1. The summed E-state index contributed by atoms with van der Waals surface area (Å²) < 4.78 is 5.13. The van der Waals surface area contributed by atoms with Crippen LogP contribution in [0.25, 0.3) is 10.9 Å². The number of benzene rings is 2. The Bertz CT molecular complexity index is 819. The van der Waals surface area contributed by atoms with E-state index in [4.69, 9.17) is 4.74 Å². The highest BCUT2D eigenvalue weighted by Gasteiger charge is 2.11. The Hall–Kier alpha value is -2.75. The van der Waals surface area contributed by atoms with Gasteiger partial charge in [-0.1, -0.05) is 30.3 Å². The molecule has 2 N–H and O–H groups in total. The van der Waals surface area contributed by atoms with Crippen molar-refractivity contribution in [1.29, 1.82) is 0 Å². The number of aromatic amines is 1. The lowest BCUT2D eigenvalue weighted by Crippen LogP contribution is -2.24. The zero-order valence-electron chi connectivity index (χ0n) is 13.3. The molecular formula is C19H20N2O2. The van der Waals surface area contributed by atoms with Crippen LogP contribution < -0.4 is 10.1 Å². The van der Waals surface area contributed by atoms with Crippen molar-refractivity contribution in [2.24, 2.45) is 0 Å². The van der Waals surface area contributed by atoms with Crippen LogP contribution in [-0.2, 0) is 17.8 Å². The quantitative estimate of drug-likeness (QED) is 0.759. The number of ether oxygens (including phenoxy) is 1. The van der Waals surface area contributed by atoms with Gasteiger partial charge in [-0.05, 0) is 36.2 Å². The molecule has 0 radical (unpaired) electrons. The number of H-pyrrole nitrogens is 1. The van der Waals surface area contributed by atoms with Crippen molar-refractivity contribution in [3.8, 4) is 5.75 Å². The van der Waals surface area contributed by atoms with Crippen molar-refractivity contribution in [3.05, 3.63) is 65.4 Å². The van der Waals surface area contributed by atoms with Crippen LogP contribution in [0.15, 0.2) is 48.5 Å². The molecule has 0 saturated heterocycles. The summed E-state index contributed by atoms with van der Waals surface area (Å²) in [5.41, 5.74) is 4.23. The van der Waals surface area contributed by atoms with Crippen molar-refractivity contribution in [3.63, 3.8) is 0 Å². The SMILES string of the molecule is COc1ccc(CNC(=O)Cc2c(C)[nH]c3ccccc23)cc1. The van der Waals surface area contributed by atoms with Crippen LogP contribution in [0.4, 0.5) is 0 Å². The molecule has 118 valence electrons. The molecule has 0 saturated carbocycles. The summed E-state index contributed by atoms with van der Waals surface area (Å²) in [5, 5.41) is 4.09. The van der Waals surface area contributed by atoms with Crippen LogP contribution in [0.3, 0.4) is 0 Å². The van der Waals surface area contributed by atoms with Gasteiger partial charge >= 0.3 is 0 Å². The molecule has 3 aromatic rings. The Morgan fingerprint density at radius 3 is 2.61 bits per heavy atom. The first-order valence-electron chi connectivity index (χ1n) is 7.63. The molecule has 0 aliphatic heterocycles. The second kappa shape index (κ2) is 6.57. The number of methoxy groups -OCH3 is 1. The Kier molecular flexibility index (Phi) is 4.33. The highest BCUT2D eigenvalue weighted by Crippen LogP contribution is 2.22. The van der Waals surface area contributed by atoms with E-state index in [1.807, 2.05) is 55.5 Å². The molecule has 1 aromatic heterocycles. The third kappa shape index (κ3) is 3.37. The number of rotatable bonds is 5. The van der Waals surface area contributed by atoms with Gasteiger partial charge in [-0.2, -0.15) is 0 Å². The minimum absolute atomic E-state index is 0.0219. The minimum Gasteiger partial charge on any atom is -0.497 e. The summed E-state index contributed by atoms with van der Waals surface area (Å²) in [4.78, 5) is 15.6. The van der Waals surface area contributed by atoms with Crippen molar-refractivity contribution in [1.82, 2.24) is 10.3 Å². The number of hydrogen-bond donors (Lipinski definition) is 2. The topological polar surface area (TPSA) is 54.1 Å². The number of carbonyl (C=O) groups is 1. The number of aryl methyl sites for hydroxylation is 1. The number of aromatic nitrogens is 1. The summed E-state index contributed by atoms with van der Waals surface area (Å²) in [7, 11) is 1.64. The number of para-hydroxylation sites is 1. The number of fused-ring (bicyclic) bond motifs is 1. The minimum atomic E-state index is 0.0219. The zero-order chi connectivity index (χ0) is 16.2. The largest absolute Gasteiger partial charge is 0.497 e. The predicted molar refractivity (Wildman–Crippen MR) is 91.6 cm³/mol. The molecular weight excluding hydrogens is 288 g/mol. The molecule has 0 spiro atoms. The van der Waals surface area contributed by atoms with Gasteiger partial charge in [0.2, 0.25) is 5.91 Å². The van der Waals surface area contributed by atoms with Crippen molar-refractivity contribution >= 4 is 16.8 Å². The summed E-state index contributed by atoms with van der Waals surface area (Å²) >= 11 is 0. The molecule has 4 nitrogen and oxygen atoms in total. The fraction of sp³-hybridized carbons (Fsp3) is 0.211. The molecule has 23 heavy (non-hydrogen) atoms. The Balaban J connectivity index is 1.65. The number of hydrogen-bond acceptors (Lipinski definition) is 2. The summed E-state index contributed by atoms with van der Waals surface area (Å²) in [6, 6.07) is 15.8. The maximum atomic E-state index is 12.3. The molecule has 0 bridgehead atoms.